The minimum absolute atomic E-state index is 0.942. The van der Waals surface area contributed by atoms with E-state index in [2.05, 4.69) is 50.2 Å². The highest BCUT2D eigenvalue weighted by Gasteiger charge is 2.06. The lowest BCUT2D eigenvalue weighted by Gasteiger charge is -2.19. The Morgan fingerprint density at radius 2 is 1.95 bits per heavy atom. The Hall–Kier alpha value is -1.09. The molecule has 0 aliphatic heterocycles. The van der Waals surface area contributed by atoms with Crippen LogP contribution in [0.25, 0.3) is 0 Å². The predicted octanol–water partition coefficient (Wildman–Crippen LogP) is 3.38. The minimum Gasteiger partial charge on any atom is -0.360 e. The molecule has 0 aliphatic rings. The van der Waals surface area contributed by atoms with Crippen LogP contribution in [-0.4, -0.2) is 25.1 Å². The third-order valence-corrected chi connectivity index (χ3v) is 3.28. The molecular formula is C16H29N3. The molecule has 0 unspecified atom stereocenters. The van der Waals surface area contributed by atoms with E-state index in [0.717, 1.165) is 31.9 Å². The largest absolute Gasteiger partial charge is 0.360 e. The standard InChI is InChI=1S/C16H29N3/c1-5-8-10-19(4)16-12-14(13-17-9-6-2)11-15(7-3)18-16/h11-12,17H,5-10,13H2,1-4H3. The van der Waals surface area contributed by atoms with Gasteiger partial charge in [0.15, 0.2) is 0 Å². The summed E-state index contributed by atoms with van der Waals surface area (Å²) < 4.78 is 0. The van der Waals surface area contributed by atoms with Gasteiger partial charge in [-0.1, -0.05) is 27.2 Å². The highest BCUT2D eigenvalue weighted by molar-refractivity contribution is 5.42. The molecule has 0 amide bonds. The van der Waals surface area contributed by atoms with Crippen LogP contribution >= 0.6 is 0 Å². The zero-order valence-corrected chi connectivity index (χ0v) is 13.0. The molecule has 19 heavy (non-hydrogen) atoms. The number of hydrogen-bond acceptors (Lipinski definition) is 3. The molecule has 1 rings (SSSR count). The Bertz CT molecular complexity index is 363. The summed E-state index contributed by atoms with van der Waals surface area (Å²) in [5.74, 6) is 1.11. The van der Waals surface area contributed by atoms with E-state index in [4.69, 9.17) is 4.98 Å². The maximum absolute atomic E-state index is 4.73. The first kappa shape index (κ1) is 16.0. The monoisotopic (exact) mass is 263 g/mol. The zero-order chi connectivity index (χ0) is 14.1. The Labute approximate surface area is 118 Å². The first-order valence-corrected chi connectivity index (χ1v) is 7.62. The maximum Gasteiger partial charge on any atom is 0.128 e. The van der Waals surface area contributed by atoms with Crippen molar-refractivity contribution < 1.29 is 0 Å². The molecule has 0 bridgehead atoms. The first-order valence-electron chi connectivity index (χ1n) is 7.62. The van der Waals surface area contributed by atoms with Crippen LogP contribution < -0.4 is 10.2 Å². The molecule has 3 heteroatoms. The third kappa shape index (κ3) is 5.60. The normalized spacial score (nSPS) is 10.7. The van der Waals surface area contributed by atoms with Gasteiger partial charge in [-0.25, -0.2) is 4.98 Å². The van der Waals surface area contributed by atoms with E-state index in [1.807, 2.05) is 0 Å². The van der Waals surface area contributed by atoms with Crippen LogP contribution in [0.15, 0.2) is 12.1 Å². The quantitative estimate of drug-likeness (QED) is 0.692. The number of anilines is 1. The summed E-state index contributed by atoms with van der Waals surface area (Å²) in [5, 5.41) is 3.47. The molecule has 0 fully saturated rings. The van der Waals surface area contributed by atoms with E-state index in [1.165, 1.54) is 30.5 Å². The summed E-state index contributed by atoms with van der Waals surface area (Å²) >= 11 is 0. The van der Waals surface area contributed by atoms with Crippen molar-refractivity contribution in [2.45, 2.75) is 53.0 Å². The number of rotatable bonds is 9. The molecule has 1 aromatic rings. The smallest absolute Gasteiger partial charge is 0.128 e. The summed E-state index contributed by atoms with van der Waals surface area (Å²) in [6.45, 7) is 9.69. The van der Waals surface area contributed by atoms with Gasteiger partial charge < -0.3 is 10.2 Å². The van der Waals surface area contributed by atoms with Crippen molar-refractivity contribution in [2.75, 3.05) is 25.0 Å². The molecule has 0 spiro atoms. The van der Waals surface area contributed by atoms with Gasteiger partial charge in [-0.15, -0.1) is 0 Å². The van der Waals surface area contributed by atoms with Gasteiger partial charge in [0, 0.05) is 25.8 Å². The van der Waals surface area contributed by atoms with Crippen LogP contribution in [0.5, 0.6) is 0 Å². The average Bonchev–Trinajstić information content (AvgIpc) is 2.44. The van der Waals surface area contributed by atoms with Gasteiger partial charge in [0.2, 0.25) is 0 Å². The van der Waals surface area contributed by atoms with Crippen molar-refractivity contribution in [2.24, 2.45) is 0 Å². The van der Waals surface area contributed by atoms with Gasteiger partial charge in [0.25, 0.3) is 0 Å². The fourth-order valence-electron chi connectivity index (χ4n) is 2.03. The molecule has 0 saturated carbocycles. The second-order valence-corrected chi connectivity index (χ2v) is 5.13. The van der Waals surface area contributed by atoms with E-state index in [1.54, 1.807) is 0 Å². The second kappa shape index (κ2) is 8.92. The van der Waals surface area contributed by atoms with Gasteiger partial charge >= 0.3 is 0 Å². The summed E-state index contributed by atoms with van der Waals surface area (Å²) in [5.41, 5.74) is 2.53. The van der Waals surface area contributed by atoms with Crippen molar-refractivity contribution in [1.82, 2.24) is 10.3 Å². The number of nitrogens with one attached hydrogen (secondary N) is 1. The van der Waals surface area contributed by atoms with Crippen molar-refractivity contribution in [1.29, 1.82) is 0 Å². The summed E-state index contributed by atoms with van der Waals surface area (Å²) in [4.78, 5) is 7.00. The lowest BCUT2D eigenvalue weighted by molar-refractivity contribution is 0.673. The molecule has 0 aliphatic carbocycles. The molecule has 0 saturated heterocycles. The van der Waals surface area contributed by atoms with Crippen molar-refractivity contribution in [3.63, 3.8) is 0 Å². The Morgan fingerprint density at radius 3 is 2.58 bits per heavy atom. The highest BCUT2D eigenvalue weighted by atomic mass is 15.2. The first-order chi connectivity index (χ1) is 9.21. The van der Waals surface area contributed by atoms with Crippen LogP contribution in [0, 0.1) is 0 Å². The zero-order valence-electron chi connectivity index (χ0n) is 13.0. The summed E-state index contributed by atoms with van der Waals surface area (Å²) in [6, 6.07) is 4.44. The SMILES string of the molecule is CCCCN(C)c1cc(CNCCC)cc(CC)n1. The summed E-state index contributed by atoms with van der Waals surface area (Å²) in [6.07, 6.45) is 4.62. The average molecular weight is 263 g/mol. The van der Waals surface area contributed by atoms with E-state index in [9.17, 15) is 0 Å². The van der Waals surface area contributed by atoms with Crippen LogP contribution in [0.1, 0.15) is 51.3 Å². The highest BCUT2D eigenvalue weighted by Crippen LogP contribution is 2.15. The molecule has 1 aromatic heterocycles. The maximum atomic E-state index is 4.73. The Morgan fingerprint density at radius 1 is 1.16 bits per heavy atom. The van der Waals surface area contributed by atoms with Gasteiger partial charge in [-0.2, -0.15) is 0 Å². The van der Waals surface area contributed by atoms with E-state index < -0.39 is 0 Å². The molecule has 3 nitrogen and oxygen atoms in total. The van der Waals surface area contributed by atoms with Crippen LogP contribution in [0.4, 0.5) is 5.82 Å². The minimum atomic E-state index is 0.942. The van der Waals surface area contributed by atoms with E-state index in [0.29, 0.717) is 0 Å². The number of hydrogen-bond donors (Lipinski definition) is 1. The molecule has 1 heterocycles. The van der Waals surface area contributed by atoms with Crippen LogP contribution in [-0.2, 0) is 13.0 Å². The van der Waals surface area contributed by atoms with E-state index in [-0.39, 0.29) is 0 Å². The van der Waals surface area contributed by atoms with Crippen LogP contribution in [0.3, 0.4) is 0 Å². The lowest BCUT2D eigenvalue weighted by Crippen LogP contribution is -2.21. The lowest BCUT2D eigenvalue weighted by atomic mass is 10.2. The number of unbranched alkanes of at least 4 members (excludes halogenated alkanes) is 1. The van der Waals surface area contributed by atoms with Crippen LogP contribution in [0.2, 0.25) is 0 Å². The topological polar surface area (TPSA) is 28.2 Å². The molecule has 0 aromatic carbocycles. The molecule has 0 radical (unpaired) electrons. The van der Waals surface area contributed by atoms with Gasteiger partial charge in [0.05, 0.1) is 0 Å². The number of aryl methyl sites for hydroxylation is 1. The number of nitrogens with zero attached hydrogens (tertiary/aromatic N) is 2. The fourth-order valence-corrected chi connectivity index (χ4v) is 2.03. The Balaban J connectivity index is 2.76. The molecule has 108 valence electrons. The van der Waals surface area contributed by atoms with E-state index >= 15 is 0 Å². The fraction of sp³-hybridized carbons (Fsp3) is 0.688. The van der Waals surface area contributed by atoms with Crippen molar-refractivity contribution in [3.8, 4) is 0 Å². The summed E-state index contributed by atoms with van der Waals surface area (Å²) in [7, 11) is 2.14. The third-order valence-electron chi connectivity index (χ3n) is 3.28. The Kier molecular flexibility index (Phi) is 7.49. The molecule has 1 N–H and O–H groups in total. The molecular weight excluding hydrogens is 234 g/mol. The van der Waals surface area contributed by atoms with Crippen molar-refractivity contribution in [3.05, 3.63) is 23.4 Å². The van der Waals surface area contributed by atoms with Crippen molar-refractivity contribution >= 4 is 5.82 Å². The predicted molar refractivity (Wildman–Crippen MR) is 83.8 cm³/mol. The molecule has 0 atom stereocenters. The van der Waals surface area contributed by atoms with Gasteiger partial charge in [0.1, 0.15) is 5.82 Å². The van der Waals surface area contributed by atoms with Gasteiger partial charge in [-0.05, 0) is 43.5 Å². The second-order valence-electron chi connectivity index (χ2n) is 5.13. The van der Waals surface area contributed by atoms with Gasteiger partial charge in [-0.3, -0.25) is 0 Å². The number of aromatic nitrogens is 1. The number of pyridine rings is 1.